The largest absolute Gasteiger partial charge is 0.493 e. The first-order chi connectivity index (χ1) is 9.20. The number of methoxy groups -OCH3 is 1. The van der Waals surface area contributed by atoms with Crippen LogP contribution in [0.2, 0.25) is 0 Å². The van der Waals surface area contributed by atoms with Gasteiger partial charge in [0.25, 0.3) is 0 Å². The van der Waals surface area contributed by atoms with Crippen LogP contribution in [0.1, 0.15) is 19.4 Å². The maximum atomic E-state index is 5.81. The minimum absolute atomic E-state index is 0.286. The highest BCUT2D eigenvalue weighted by atomic mass is 16.5. The van der Waals surface area contributed by atoms with Crippen LogP contribution in [0.25, 0.3) is 0 Å². The summed E-state index contributed by atoms with van der Waals surface area (Å²) >= 11 is 0. The molecule has 0 saturated carbocycles. The Hall–Kier alpha value is -1.26. The van der Waals surface area contributed by atoms with Crippen LogP contribution in [0.15, 0.2) is 18.2 Å². The Labute approximate surface area is 115 Å². The summed E-state index contributed by atoms with van der Waals surface area (Å²) in [4.78, 5) is 0. The Morgan fingerprint density at radius 3 is 3.00 bits per heavy atom. The van der Waals surface area contributed by atoms with Crippen LogP contribution in [0.5, 0.6) is 11.5 Å². The predicted octanol–water partition coefficient (Wildman–Crippen LogP) is 2.01. The van der Waals surface area contributed by atoms with Gasteiger partial charge in [0.1, 0.15) is 6.61 Å². The SMILES string of the molecule is COc1cccc2c1OCC(NCCOC(C)C)C2. The first-order valence-corrected chi connectivity index (χ1v) is 6.84. The third-order valence-electron chi connectivity index (χ3n) is 3.16. The Balaban J connectivity index is 1.85. The quantitative estimate of drug-likeness (QED) is 0.799. The molecular formula is C15H23NO3. The molecule has 1 N–H and O–H groups in total. The van der Waals surface area contributed by atoms with Crippen molar-refractivity contribution in [3.63, 3.8) is 0 Å². The molecule has 1 aromatic rings. The third-order valence-corrected chi connectivity index (χ3v) is 3.16. The van der Waals surface area contributed by atoms with Crippen LogP contribution in [0.3, 0.4) is 0 Å². The molecule has 0 saturated heterocycles. The van der Waals surface area contributed by atoms with Gasteiger partial charge in [-0.15, -0.1) is 0 Å². The molecule has 4 nitrogen and oxygen atoms in total. The van der Waals surface area contributed by atoms with Crippen molar-refractivity contribution >= 4 is 0 Å². The summed E-state index contributed by atoms with van der Waals surface area (Å²) in [6.45, 7) is 6.36. The number of ether oxygens (including phenoxy) is 3. The zero-order valence-electron chi connectivity index (χ0n) is 11.9. The molecule has 19 heavy (non-hydrogen) atoms. The minimum atomic E-state index is 0.286. The van der Waals surface area contributed by atoms with Gasteiger partial charge in [0.05, 0.1) is 19.8 Å². The summed E-state index contributed by atoms with van der Waals surface area (Å²) in [6, 6.07) is 6.38. The third kappa shape index (κ3) is 3.85. The first kappa shape index (κ1) is 14.2. The van der Waals surface area contributed by atoms with Crippen molar-refractivity contribution in [2.24, 2.45) is 0 Å². The summed E-state index contributed by atoms with van der Waals surface area (Å²) < 4.78 is 16.6. The highest BCUT2D eigenvalue weighted by molar-refractivity contribution is 5.48. The lowest BCUT2D eigenvalue weighted by atomic mass is 10.0. The summed E-state index contributed by atoms with van der Waals surface area (Å²) in [7, 11) is 1.67. The van der Waals surface area contributed by atoms with E-state index in [1.165, 1.54) is 5.56 Å². The van der Waals surface area contributed by atoms with Gasteiger partial charge in [0.15, 0.2) is 11.5 Å². The number of nitrogens with one attached hydrogen (secondary N) is 1. The molecule has 0 amide bonds. The van der Waals surface area contributed by atoms with Gasteiger partial charge >= 0.3 is 0 Å². The zero-order chi connectivity index (χ0) is 13.7. The van der Waals surface area contributed by atoms with E-state index in [1.54, 1.807) is 7.11 Å². The maximum Gasteiger partial charge on any atom is 0.164 e. The van der Waals surface area contributed by atoms with Crippen LogP contribution in [-0.4, -0.2) is 39.0 Å². The molecule has 0 bridgehead atoms. The lowest BCUT2D eigenvalue weighted by molar-refractivity contribution is 0.0774. The van der Waals surface area contributed by atoms with Crippen molar-refractivity contribution in [3.05, 3.63) is 23.8 Å². The minimum Gasteiger partial charge on any atom is -0.493 e. The Morgan fingerprint density at radius 1 is 1.42 bits per heavy atom. The van der Waals surface area contributed by atoms with Gasteiger partial charge < -0.3 is 19.5 Å². The fourth-order valence-electron chi connectivity index (χ4n) is 2.24. The van der Waals surface area contributed by atoms with Crippen LogP contribution < -0.4 is 14.8 Å². The lowest BCUT2D eigenvalue weighted by Gasteiger charge is -2.27. The molecule has 0 fully saturated rings. The first-order valence-electron chi connectivity index (χ1n) is 6.84. The van der Waals surface area contributed by atoms with Gasteiger partial charge in [-0.25, -0.2) is 0 Å². The molecule has 1 aliphatic rings. The van der Waals surface area contributed by atoms with Crippen molar-refractivity contribution in [3.8, 4) is 11.5 Å². The Morgan fingerprint density at radius 2 is 2.26 bits per heavy atom. The van der Waals surface area contributed by atoms with E-state index in [-0.39, 0.29) is 6.10 Å². The molecule has 1 atom stereocenters. The molecule has 0 aromatic heterocycles. The topological polar surface area (TPSA) is 39.7 Å². The average Bonchev–Trinajstić information content (AvgIpc) is 2.42. The standard InChI is InChI=1S/C15H23NO3/c1-11(2)18-8-7-16-13-9-12-5-4-6-14(17-3)15(12)19-10-13/h4-6,11,13,16H,7-10H2,1-3H3. The van der Waals surface area contributed by atoms with E-state index in [9.17, 15) is 0 Å². The molecule has 0 spiro atoms. The summed E-state index contributed by atoms with van der Waals surface area (Å²) in [6.07, 6.45) is 1.25. The van der Waals surface area contributed by atoms with Gasteiger partial charge in [-0.05, 0) is 31.9 Å². The number of hydrogen-bond acceptors (Lipinski definition) is 4. The van der Waals surface area contributed by atoms with Gasteiger partial charge in [-0.2, -0.15) is 0 Å². The molecular weight excluding hydrogens is 242 g/mol. The van der Waals surface area contributed by atoms with E-state index < -0.39 is 0 Å². The average molecular weight is 265 g/mol. The number of hydrogen-bond donors (Lipinski definition) is 1. The second-order valence-electron chi connectivity index (χ2n) is 5.03. The van der Waals surface area contributed by atoms with E-state index in [0.29, 0.717) is 12.6 Å². The summed E-state index contributed by atoms with van der Waals surface area (Å²) in [5.74, 6) is 1.71. The van der Waals surface area contributed by atoms with Gasteiger partial charge in [-0.1, -0.05) is 12.1 Å². The fourth-order valence-corrected chi connectivity index (χ4v) is 2.24. The van der Waals surface area contributed by atoms with Gasteiger partial charge in [0.2, 0.25) is 0 Å². The molecule has 0 aliphatic carbocycles. The smallest absolute Gasteiger partial charge is 0.164 e. The second kappa shape index (κ2) is 6.78. The molecule has 1 aromatic carbocycles. The zero-order valence-corrected chi connectivity index (χ0v) is 11.9. The number of para-hydroxylation sites is 1. The van der Waals surface area contributed by atoms with Crippen molar-refractivity contribution in [2.75, 3.05) is 26.9 Å². The number of benzene rings is 1. The normalized spacial score (nSPS) is 18.0. The highest BCUT2D eigenvalue weighted by Crippen LogP contribution is 2.34. The van der Waals surface area contributed by atoms with Gasteiger partial charge in [0, 0.05) is 12.6 Å². The second-order valence-corrected chi connectivity index (χ2v) is 5.03. The summed E-state index contributed by atoms with van der Waals surface area (Å²) in [5.41, 5.74) is 1.20. The molecule has 2 rings (SSSR count). The number of fused-ring (bicyclic) bond motifs is 1. The fraction of sp³-hybridized carbons (Fsp3) is 0.600. The van der Waals surface area contributed by atoms with Crippen LogP contribution in [-0.2, 0) is 11.2 Å². The van der Waals surface area contributed by atoms with Crippen molar-refractivity contribution in [1.29, 1.82) is 0 Å². The molecule has 4 heteroatoms. The van der Waals surface area contributed by atoms with E-state index in [2.05, 4.69) is 11.4 Å². The van der Waals surface area contributed by atoms with E-state index in [4.69, 9.17) is 14.2 Å². The molecule has 1 aliphatic heterocycles. The maximum absolute atomic E-state index is 5.81. The molecule has 1 unspecified atom stereocenters. The van der Waals surface area contributed by atoms with Crippen LogP contribution >= 0.6 is 0 Å². The molecule has 0 radical (unpaired) electrons. The predicted molar refractivity (Wildman–Crippen MR) is 75.1 cm³/mol. The van der Waals surface area contributed by atoms with E-state index >= 15 is 0 Å². The Kier molecular flexibility index (Phi) is 5.05. The molecule has 1 heterocycles. The Bertz CT molecular complexity index is 406. The van der Waals surface area contributed by atoms with Crippen molar-refractivity contribution in [2.45, 2.75) is 32.4 Å². The summed E-state index contributed by atoms with van der Waals surface area (Å²) in [5, 5.41) is 3.46. The van der Waals surface area contributed by atoms with Crippen LogP contribution in [0, 0.1) is 0 Å². The van der Waals surface area contributed by atoms with E-state index in [1.807, 2.05) is 26.0 Å². The van der Waals surface area contributed by atoms with Crippen LogP contribution in [0.4, 0.5) is 0 Å². The monoisotopic (exact) mass is 265 g/mol. The highest BCUT2D eigenvalue weighted by Gasteiger charge is 2.21. The number of rotatable bonds is 6. The van der Waals surface area contributed by atoms with Gasteiger partial charge in [-0.3, -0.25) is 0 Å². The van der Waals surface area contributed by atoms with E-state index in [0.717, 1.165) is 31.1 Å². The molecule has 106 valence electrons. The van der Waals surface area contributed by atoms with Crippen molar-refractivity contribution < 1.29 is 14.2 Å². The van der Waals surface area contributed by atoms with Crippen molar-refractivity contribution in [1.82, 2.24) is 5.32 Å². The lowest BCUT2D eigenvalue weighted by Crippen LogP contribution is -2.41.